The molecule has 1 heterocycles. The van der Waals surface area contributed by atoms with Crippen molar-refractivity contribution in [3.05, 3.63) is 34.4 Å². The molecule has 0 saturated carbocycles. The molecule has 2 N–H and O–H groups in total. The molecule has 110 valence electrons. The predicted molar refractivity (Wildman–Crippen MR) is 73.9 cm³/mol. The van der Waals surface area contributed by atoms with Gasteiger partial charge in [-0.05, 0) is 38.4 Å². The highest BCUT2D eigenvalue weighted by Crippen LogP contribution is 2.17. The Bertz CT molecular complexity index is 579. The maximum atomic E-state index is 12.2. The molecular weight excluding hydrogens is 282 g/mol. The van der Waals surface area contributed by atoms with Gasteiger partial charge >= 0.3 is 0 Å². The number of benzene rings is 1. The molecule has 0 bridgehead atoms. The second-order valence-corrected chi connectivity index (χ2v) is 6.58. The second-order valence-electron chi connectivity index (χ2n) is 4.86. The number of rotatable bonds is 5. The molecule has 1 aromatic carbocycles. The lowest BCUT2D eigenvalue weighted by atomic mass is 10.1. The minimum Gasteiger partial charge on any atom is -0.312 e. The highest BCUT2D eigenvalue weighted by atomic mass is 32.2. The summed E-state index contributed by atoms with van der Waals surface area (Å²) in [5.41, 5.74) is -0.130. The van der Waals surface area contributed by atoms with Crippen LogP contribution in [-0.4, -0.2) is 32.0 Å². The molecule has 0 radical (unpaired) electrons. The molecule has 2 rings (SSSR count). The number of nitro benzene ring substituents is 1. The summed E-state index contributed by atoms with van der Waals surface area (Å²) in [6.45, 7) is 2.71. The Labute approximate surface area is 117 Å². The zero-order chi connectivity index (χ0) is 14.8. The van der Waals surface area contributed by atoms with Crippen molar-refractivity contribution in [1.29, 1.82) is 0 Å². The van der Waals surface area contributed by atoms with Gasteiger partial charge in [-0.2, -0.15) is 0 Å². The van der Waals surface area contributed by atoms with Crippen LogP contribution in [0.4, 0.5) is 5.69 Å². The smallest absolute Gasteiger partial charge is 0.269 e. The fraction of sp³-hybridized carbons (Fsp3) is 0.500. The summed E-state index contributed by atoms with van der Waals surface area (Å²) in [5, 5.41) is 13.8. The van der Waals surface area contributed by atoms with Crippen molar-refractivity contribution in [2.24, 2.45) is 0 Å². The quantitative estimate of drug-likeness (QED) is 0.624. The molecule has 20 heavy (non-hydrogen) atoms. The van der Waals surface area contributed by atoms with E-state index in [0.717, 1.165) is 19.4 Å². The third-order valence-electron chi connectivity index (χ3n) is 3.40. The van der Waals surface area contributed by atoms with E-state index in [1.807, 2.05) is 6.92 Å². The molecule has 7 nitrogen and oxygen atoms in total. The Hall–Kier alpha value is -1.51. The first-order chi connectivity index (χ1) is 9.40. The Morgan fingerprint density at radius 2 is 2.05 bits per heavy atom. The average Bonchev–Trinajstić information content (AvgIpc) is 2.92. The number of nitrogens with zero attached hydrogens (tertiary/aromatic N) is 1. The van der Waals surface area contributed by atoms with Gasteiger partial charge in [0.25, 0.3) is 5.69 Å². The zero-order valence-corrected chi connectivity index (χ0v) is 11.9. The molecule has 1 fully saturated rings. The molecular formula is C12H17N3O4S. The number of non-ortho nitro benzene ring substituents is 1. The topological polar surface area (TPSA) is 101 Å². The largest absolute Gasteiger partial charge is 0.312 e. The summed E-state index contributed by atoms with van der Waals surface area (Å²) >= 11 is 0. The first-order valence-electron chi connectivity index (χ1n) is 6.40. The predicted octanol–water partition coefficient (Wildman–Crippen LogP) is 1.01. The summed E-state index contributed by atoms with van der Waals surface area (Å²) in [6.07, 6.45) is 1.97. The van der Waals surface area contributed by atoms with Crippen LogP contribution < -0.4 is 10.0 Å². The summed E-state index contributed by atoms with van der Waals surface area (Å²) in [6, 6.07) is 4.77. The van der Waals surface area contributed by atoms with Crippen LogP contribution in [0.3, 0.4) is 0 Å². The monoisotopic (exact) mass is 299 g/mol. The van der Waals surface area contributed by atoms with Crippen molar-refractivity contribution >= 4 is 15.7 Å². The van der Waals surface area contributed by atoms with Gasteiger partial charge < -0.3 is 5.32 Å². The van der Waals surface area contributed by atoms with Crippen LogP contribution in [0.5, 0.6) is 0 Å². The summed E-state index contributed by atoms with van der Waals surface area (Å²) < 4.78 is 26.9. The Morgan fingerprint density at radius 1 is 1.40 bits per heavy atom. The number of sulfonamides is 1. The Balaban J connectivity index is 2.11. The van der Waals surface area contributed by atoms with E-state index in [1.54, 1.807) is 0 Å². The molecule has 2 atom stereocenters. The lowest BCUT2D eigenvalue weighted by Crippen LogP contribution is -2.45. The highest BCUT2D eigenvalue weighted by molar-refractivity contribution is 7.89. The zero-order valence-electron chi connectivity index (χ0n) is 11.1. The maximum Gasteiger partial charge on any atom is 0.269 e. The van der Waals surface area contributed by atoms with Gasteiger partial charge in [-0.3, -0.25) is 10.1 Å². The third kappa shape index (κ3) is 3.33. The molecule has 8 heteroatoms. The molecule has 1 saturated heterocycles. The third-order valence-corrected chi connectivity index (χ3v) is 4.98. The van der Waals surface area contributed by atoms with E-state index in [-0.39, 0.29) is 22.7 Å². The summed E-state index contributed by atoms with van der Waals surface area (Å²) in [4.78, 5) is 10.0. The van der Waals surface area contributed by atoms with Gasteiger partial charge in [-0.25, -0.2) is 13.1 Å². The fourth-order valence-corrected chi connectivity index (χ4v) is 3.56. The maximum absolute atomic E-state index is 12.2. The average molecular weight is 299 g/mol. The molecule has 0 aliphatic carbocycles. The molecule has 0 aromatic heterocycles. The van der Waals surface area contributed by atoms with Crippen molar-refractivity contribution < 1.29 is 13.3 Å². The lowest BCUT2D eigenvalue weighted by Gasteiger charge is -2.20. The van der Waals surface area contributed by atoms with Crippen molar-refractivity contribution in [3.63, 3.8) is 0 Å². The van der Waals surface area contributed by atoms with Crippen molar-refractivity contribution in [2.45, 2.75) is 36.7 Å². The van der Waals surface area contributed by atoms with Gasteiger partial charge in [-0.1, -0.05) is 0 Å². The van der Waals surface area contributed by atoms with Crippen LogP contribution in [0.25, 0.3) is 0 Å². The van der Waals surface area contributed by atoms with E-state index in [2.05, 4.69) is 10.0 Å². The van der Waals surface area contributed by atoms with E-state index in [9.17, 15) is 18.5 Å². The van der Waals surface area contributed by atoms with Crippen LogP contribution in [0.15, 0.2) is 29.2 Å². The standard InChI is InChI=1S/C12H17N3O4S/c1-9(12-3-2-8-13-12)14-20(18,19)11-6-4-10(5-7-11)15(16)17/h4-7,9,12-14H,2-3,8H2,1H3. The van der Waals surface area contributed by atoms with Gasteiger partial charge in [0, 0.05) is 24.2 Å². The highest BCUT2D eigenvalue weighted by Gasteiger charge is 2.26. The van der Waals surface area contributed by atoms with Crippen molar-refractivity contribution in [2.75, 3.05) is 6.54 Å². The van der Waals surface area contributed by atoms with Gasteiger partial charge in [-0.15, -0.1) is 0 Å². The molecule has 2 unspecified atom stereocenters. The molecule has 1 aliphatic heterocycles. The van der Waals surface area contributed by atoms with Crippen LogP contribution in [0.2, 0.25) is 0 Å². The van der Waals surface area contributed by atoms with Crippen LogP contribution in [-0.2, 0) is 10.0 Å². The molecule has 1 aromatic rings. The lowest BCUT2D eigenvalue weighted by molar-refractivity contribution is -0.384. The van der Waals surface area contributed by atoms with Crippen molar-refractivity contribution in [3.8, 4) is 0 Å². The van der Waals surface area contributed by atoms with E-state index in [4.69, 9.17) is 0 Å². The Kier molecular flexibility index (Phi) is 4.36. The molecule has 0 spiro atoms. The summed E-state index contributed by atoms with van der Waals surface area (Å²) in [5.74, 6) is 0. The fourth-order valence-electron chi connectivity index (χ4n) is 2.28. The summed E-state index contributed by atoms with van der Waals surface area (Å²) in [7, 11) is -3.65. The minimum atomic E-state index is -3.65. The first-order valence-corrected chi connectivity index (χ1v) is 7.88. The van der Waals surface area contributed by atoms with Gasteiger partial charge in [0.2, 0.25) is 10.0 Å². The minimum absolute atomic E-state index is 0.0351. The van der Waals surface area contributed by atoms with E-state index in [0.29, 0.717) is 0 Å². The van der Waals surface area contributed by atoms with Gasteiger partial charge in [0.15, 0.2) is 0 Å². The number of hydrogen-bond acceptors (Lipinski definition) is 5. The van der Waals surface area contributed by atoms with E-state index >= 15 is 0 Å². The van der Waals surface area contributed by atoms with E-state index < -0.39 is 14.9 Å². The van der Waals surface area contributed by atoms with Crippen LogP contribution in [0, 0.1) is 10.1 Å². The van der Waals surface area contributed by atoms with Gasteiger partial charge in [0.1, 0.15) is 0 Å². The number of hydrogen-bond donors (Lipinski definition) is 2. The second kappa shape index (κ2) is 5.86. The number of nitrogens with one attached hydrogen (secondary N) is 2. The van der Waals surface area contributed by atoms with Crippen molar-refractivity contribution in [1.82, 2.24) is 10.0 Å². The molecule has 0 amide bonds. The van der Waals surface area contributed by atoms with Crippen LogP contribution >= 0.6 is 0 Å². The van der Waals surface area contributed by atoms with Crippen LogP contribution in [0.1, 0.15) is 19.8 Å². The Morgan fingerprint density at radius 3 is 2.55 bits per heavy atom. The molecule has 1 aliphatic rings. The van der Waals surface area contributed by atoms with Gasteiger partial charge in [0.05, 0.1) is 9.82 Å². The van der Waals surface area contributed by atoms with E-state index in [1.165, 1.54) is 24.3 Å². The first kappa shape index (κ1) is 14.9. The SMILES string of the molecule is CC(NS(=O)(=O)c1ccc([N+](=O)[O-])cc1)C1CCCN1. The normalized spacial score (nSPS) is 20.8. The number of nitro groups is 1.